The van der Waals surface area contributed by atoms with E-state index in [2.05, 4.69) is 0 Å². The first-order valence-corrected chi connectivity index (χ1v) is 7.66. The second-order valence-corrected chi connectivity index (χ2v) is 5.87. The SMILES string of the molecule is CCOc1cc(Cl)c(C(Cl)C2CCOCC2)cc1Cl. The van der Waals surface area contributed by atoms with Crippen LogP contribution in [0.2, 0.25) is 10.0 Å². The summed E-state index contributed by atoms with van der Waals surface area (Å²) in [7, 11) is 0. The van der Waals surface area contributed by atoms with Crippen molar-refractivity contribution >= 4 is 34.8 Å². The molecule has 0 amide bonds. The van der Waals surface area contributed by atoms with Crippen LogP contribution in [0.1, 0.15) is 30.7 Å². The van der Waals surface area contributed by atoms with Crippen LogP contribution in [-0.2, 0) is 4.74 Å². The number of rotatable bonds is 4. The molecule has 1 atom stereocenters. The quantitative estimate of drug-likeness (QED) is 0.718. The molecule has 0 aromatic heterocycles. The lowest BCUT2D eigenvalue weighted by atomic mass is 9.92. The maximum absolute atomic E-state index is 6.55. The number of alkyl halides is 1. The Labute approximate surface area is 128 Å². The molecular formula is C14H17Cl3O2. The second-order valence-electron chi connectivity index (χ2n) is 4.59. The zero-order valence-electron chi connectivity index (χ0n) is 10.8. The topological polar surface area (TPSA) is 18.5 Å². The maximum atomic E-state index is 6.55. The van der Waals surface area contributed by atoms with Gasteiger partial charge in [-0.05, 0) is 37.3 Å². The second kappa shape index (κ2) is 7.03. The summed E-state index contributed by atoms with van der Waals surface area (Å²) in [6.45, 7) is 3.98. The Kier molecular flexibility index (Phi) is 5.64. The Morgan fingerprint density at radius 3 is 2.58 bits per heavy atom. The average Bonchev–Trinajstić information content (AvgIpc) is 2.43. The van der Waals surface area contributed by atoms with Gasteiger partial charge in [0.15, 0.2) is 0 Å². The molecule has 1 fully saturated rings. The van der Waals surface area contributed by atoms with E-state index in [1.54, 1.807) is 6.07 Å². The summed E-state index contributed by atoms with van der Waals surface area (Å²) in [5.41, 5.74) is 0.878. The van der Waals surface area contributed by atoms with Gasteiger partial charge in [0.2, 0.25) is 0 Å². The van der Waals surface area contributed by atoms with Crippen molar-refractivity contribution in [3.8, 4) is 5.75 Å². The molecule has 1 aliphatic rings. The van der Waals surface area contributed by atoms with Crippen molar-refractivity contribution in [2.24, 2.45) is 5.92 Å². The van der Waals surface area contributed by atoms with Crippen LogP contribution in [0.5, 0.6) is 5.75 Å². The summed E-state index contributed by atoms with van der Waals surface area (Å²) >= 11 is 19.0. The molecule has 2 rings (SSSR count). The van der Waals surface area contributed by atoms with Gasteiger partial charge in [0.05, 0.1) is 17.0 Å². The summed E-state index contributed by atoms with van der Waals surface area (Å²) in [5.74, 6) is 0.982. The summed E-state index contributed by atoms with van der Waals surface area (Å²) in [6.07, 6.45) is 1.91. The maximum Gasteiger partial charge on any atom is 0.139 e. The largest absolute Gasteiger partial charge is 0.492 e. The molecule has 1 aliphatic heterocycles. The van der Waals surface area contributed by atoms with E-state index in [-0.39, 0.29) is 5.38 Å². The lowest BCUT2D eigenvalue weighted by molar-refractivity contribution is 0.0651. The van der Waals surface area contributed by atoms with Gasteiger partial charge in [-0.25, -0.2) is 0 Å². The van der Waals surface area contributed by atoms with Crippen molar-refractivity contribution in [2.75, 3.05) is 19.8 Å². The van der Waals surface area contributed by atoms with E-state index in [0.717, 1.165) is 31.6 Å². The summed E-state index contributed by atoms with van der Waals surface area (Å²) < 4.78 is 10.8. The van der Waals surface area contributed by atoms with E-state index in [9.17, 15) is 0 Å². The lowest BCUT2D eigenvalue weighted by Gasteiger charge is -2.27. The standard InChI is InChI=1S/C14H17Cl3O2/c1-2-19-13-8-11(15)10(7-12(13)16)14(17)9-3-5-18-6-4-9/h7-9,14H,2-6H2,1H3. The number of ether oxygens (including phenoxy) is 2. The lowest BCUT2D eigenvalue weighted by Crippen LogP contribution is -2.19. The molecule has 1 aromatic rings. The highest BCUT2D eigenvalue weighted by atomic mass is 35.5. The smallest absolute Gasteiger partial charge is 0.139 e. The van der Waals surface area contributed by atoms with Crippen LogP contribution in [0.25, 0.3) is 0 Å². The van der Waals surface area contributed by atoms with Crippen LogP contribution in [0.4, 0.5) is 0 Å². The van der Waals surface area contributed by atoms with Gasteiger partial charge >= 0.3 is 0 Å². The average molecular weight is 324 g/mol. The molecule has 0 radical (unpaired) electrons. The van der Waals surface area contributed by atoms with E-state index in [4.69, 9.17) is 44.3 Å². The van der Waals surface area contributed by atoms with E-state index >= 15 is 0 Å². The van der Waals surface area contributed by atoms with Crippen molar-refractivity contribution in [3.05, 3.63) is 27.7 Å². The zero-order valence-corrected chi connectivity index (χ0v) is 13.1. The first-order valence-electron chi connectivity index (χ1n) is 6.47. The first kappa shape index (κ1) is 15.2. The molecule has 0 spiro atoms. The number of hydrogen-bond acceptors (Lipinski definition) is 2. The predicted octanol–water partition coefficient (Wildman–Crippen LogP) is 5.10. The molecule has 2 nitrogen and oxygen atoms in total. The van der Waals surface area contributed by atoms with Crippen LogP contribution in [0.3, 0.4) is 0 Å². The molecule has 0 N–H and O–H groups in total. The van der Waals surface area contributed by atoms with Crippen molar-refractivity contribution in [2.45, 2.75) is 25.1 Å². The van der Waals surface area contributed by atoms with Gasteiger partial charge < -0.3 is 9.47 Å². The number of hydrogen-bond donors (Lipinski definition) is 0. The third kappa shape index (κ3) is 3.69. The molecule has 1 heterocycles. The first-order chi connectivity index (χ1) is 9.13. The molecule has 1 saturated heterocycles. The Morgan fingerprint density at radius 1 is 1.26 bits per heavy atom. The molecule has 19 heavy (non-hydrogen) atoms. The minimum atomic E-state index is -0.135. The molecule has 5 heteroatoms. The summed E-state index contributed by atoms with van der Waals surface area (Å²) in [4.78, 5) is 0. The molecule has 106 valence electrons. The highest BCUT2D eigenvalue weighted by molar-refractivity contribution is 6.35. The third-order valence-corrected chi connectivity index (χ3v) is 4.54. The predicted molar refractivity (Wildman–Crippen MR) is 79.8 cm³/mol. The van der Waals surface area contributed by atoms with Crippen LogP contribution in [0.15, 0.2) is 12.1 Å². The van der Waals surface area contributed by atoms with Gasteiger partial charge in [-0.3, -0.25) is 0 Å². The number of halogens is 3. The van der Waals surface area contributed by atoms with E-state index in [0.29, 0.717) is 28.3 Å². The number of benzene rings is 1. The van der Waals surface area contributed by atoms with Gasteiger partial charge in [0, 0.05) is 24.3 Å². The van der Waals surface area contributed by atoms with Gasteiger partial charge in [-0.1, -0.05) is 23.2 Å². The van der Waals surface area contributed by atoms with Gasteiger partial charge in [-0.2, -0.15) is 0 Å². The van der Waals surface area contributed by atoms with Gasteiger partial charge in [-0.15, -0.1) is 11.6 Å². The van der Waals surface area contributed by atoms with Crippen LogP contribution >= 0.6 is 34.8 Å². The minimum Gasteiger partial charge on any atom is -0.492 e. The van der Waals surface area contributed by atoms with Gasteiger partial charge in [0.25, 0.3) is 0 Å². The van der Waals surface area contributed by atoms with Crippen LogP contribution in [-0.4, -0.2) is 19.8 Å². The third-order valence-electron chi connectivity index (χ3n) is 3.33. The Morgan fingerprint density at radius 2 is 1.95 bits per heavy atom. The molecule has 0 bridgehead atoms. The monoisotopic (exact) mass is 322 g/mol. The van der Waals surface area contributed by atoms with Crippen molar-refractivity contribution in [1.82, 2.24) is 0 Å². The van der Waals surface area contributed by atoms with E-state index < -0.39 is 0 Å². The Balaban J connectivity index is 2.21. The van der Waals surface area contributed by atoms with Crippen molar-refractivity contribution in [3.63, 3.8) is 0 Å². The van der Waals surface area contributed by atoms with Crippen molar-refractivity contribution in [1.29, 1.82) is 0 Å². The molecule has 0 aliphatic carbocycles. The fraction of sp³-hybridized carbons (Fsp3) is 0.571. The fourth-order valence-electron chi connectivity index (χ4n) is 2.28. The van der Waals surface area contributed by atoms with E-state index in [1.165, 1.54) is 0 Å². The molecule has 0 saturated carbocycles. The van der Waals surface area contributed by atoms with Crippen LogP contribution < -0.4 is 4.74 Å². The molecule has 1 unspecified atom stereocenters. The minimum absolute atomic E-state index is 0.135. The Hall–Kier alpha value is -0.150. The molecule has 1 aromatic carbocycles. The summed E-state index contributed by atoms with van der Waals surface area (Å²) in [5, 5.41) is 1.03. The van der Waals surface area contributed by atoms with Crippen LogP contribution in [0, 0.1) is 5.92 Å². The van der Waals surface area contributed by atoms with Gasteiger partial charge in [0.1, 0.15) is 5.75 Å². The Bertz CT molecular complexity index is 431. The fourth-order valence-corrected chi connectivity index (χ4v) is 3.27. The normalized spacial score (nSPS) is 18.3. The highest BCUT2D eigenvalue weighted by Gasteiger charge is 2.26. The zero-order chi connectivity index (χ0) is 13.8. The van der Waals surface area contributed by atoms with Crippen molar-refractivity contribution < 1.29 is 9.47 Å². The summed E-state index contributed by atoms with van der Waals surface area (Å²) in [6, 6.07) is 3.57. The van der Waals surface area contributed by atoms with E-state index in [1.807, 2.05) is 13.0 Å². The highest BCUT2D eigenvalue weighted by Crippen LogP contribution is 2.42. The molecular weight excluding hydrogens is 307 g/mol.